The second kappa shape index (κ2) is 9.26. The lowest BCUT2D eigenvalue weighted by molar-refractivity contribution is 0.0527. The van der Waals surface area contributed by atoms with Crippen LogP contribution in [0.25, 0.3) is 22.4 Å². The van der Waals surface area contributed by atoms with E-state index in [4.69, 9.17) is 9.72 Å². The number of pyridine rings is 1. The van der Waals surface area contributed by atoms with Crippen LogP contribution in [0.5, 0.6) is 0 Å². The highest BCUT2D eigenvalue weighted by atomic mass is 16.5. The number of benzene rings is 2. The molecule has 0 saturated carbocycles. The summed E-state index contributed by atoms with van der Waals surface area (Å²) in [5.41, 5.74) is 3.30. The summed E-state index contributed by atoms with van der Waals surface area (Å²) in [5.74, 6) is -0.275. The lowest BCUT2D eigenvalue weighted by Crippen LogP contribution is -2.18. The Kier molecular flexibility index (Phi) is 5.85. The minimum atomic E-state index is -0.575. The van der Waals surface area contributed by atoms with Gasteiger partial charge in [-0.25, -0.2) is 9.78 Å². The predicted molar refractivity (Wildman–Crippen MR) is 133 cm³/mol. The second-order valence-corrected chi connectivity index (χ2v) is 7.94. The maximum atomic E-state index is 13.2. The Hall–Kier alpha value is -4.72. The van der Waals surface area contributed by atoms with Crippen LogP contribution in [0.1, 0.15) is 33.2 Å². The molecule has 174 valence electrons. The number of para-hydroxylation sites is 1. The summed E-state index contributed by atoms with van der Waals surface area (Å²) in [7, 11) is 0. The van der Waals surface area contributed by atoms with Crippen LogP contribution in [0.4, 0.5) is 5.82 Å². The minimum Gasteiger partial charge on any atom is -0.462 e. The first-order valence-corrected chi connectivity index (χ1v) is 11.2. The van der Waals surface area contributed by atoms with Gasteiger partial charge in [-0.2, -0.15) is 9.78 Å². The fourth-order valence-corrected chi connectivity index (χ4v) is 3.91. The molecule has 3 heterocycles. The van der Waals surface area contributed by atoms with Gasteiger partial charge in [0.05, 0.1) is 18.3 Å². The van der Waals surface area contributed by atoms with Gasteiger partial charge in [0.1, 0.15) is 5.56 Å². The molecule has 8 nitrogen and oxygen atoms in total. The number of anilines is 1. The molecule has 0 aliphatic rings. The van der Waals surface area contributed by atoms with Gasteiger partial charge < -0.3 is 14.6 Å². The summed E-state index contributed by atoms with van der Waals surface area (Å²) in [6.07, 6.45) is 5.24. The highest BCUT2D eigenvalue weighted by Gasteiger charge is 2.23. The van der Waals surface area contributed by atoms with Crippen LogP contribution in [-0.4, -0.2) is 37.8 Å². The highest BCUT2D eigenvalue weighted by Crippen LogP contribution is 2.25. The molecule has 0 atom stereocenters. The first kappa shape index (κ1) is 22.1. The molecule has 3 aromatic heterocycles. The number of amides is 1. The molecule has 0 unspecified atom stereocenters. The van der Waals surface area contributed by atoms with Gasteiger partial charge in [-0.15, -0.1) is 0 Å². The Morgan fingerprint density at radius 2 is 1.74 bits per heavy atom. The second-order valence-electron chi connectivity index (χ2n) is 7.94. The number of nitrogens with one attached hydrogen (secondary N) is 1. The van der Waals surface area contributed by atoms with E-state index < -0.39 is 5.97 Å². The fourth-order valence-electron chi connectivity index (χ4n) is 3.91. The average Bonchev–Trinajstić information content (AvgIpc) is 3.55. The van der Waals surface area contributed by atoms with Crippen molar-refractivity contribution in [3.05, 3.63) is 102 Å². The van der Waals surface area contributed by atoms with Crippen molar-refractivity contribution in [1.29, 1.82) is 0 Å². The lowest BCUT2D eigenvalue weighted by Gasteiger charge is -2.12. The van der Waals surface area contributed by atoms with Crippen molar-refractivity contribution in [2.75, 3.05) is 11.9 Å². The lowest BCUT2D eigenvalue weighted by atomic mass is 10.1. The summed E-state index contributed by atoms with van der Waals surface area (Å²) in [6.45, 7) is 3.90. The molecule has 0 aliphatic heterocycles. The molecule has 2 aromatic carbocycles. The highest BCUT2D eigenvalue weighted by molar-refractivity contribution is 6.07. The number of carbonyl (C=O) groups excluding carboxylic acids is 2. The van der Waals surface area contributed by atoms with E-state index in [2.05, 4.69) is 10.4 Å². The normalized spacial score (nSPS) is 10.9. The molecule has 5 rings (SSSR count). The van der Waals surface area contributed by atoms with Gasteiger partial charge in [-0.3, -0.25) is 4.79 Å². The third kappa shape index (κ3) is 4.29. The van der Waals surface area contributed by atoms with E-state index in [0.717, 1.165) is 22.2 Å². The number of ether oxygens (including phenoxy) is 1. The number of nitrogens with zero attached hydrogens (tertiary/aromatic N) is 4. The molecule has 0 spiro atoms. The third-order valence-corrected chi connectivity index (χ3v) is 5.66. The zero-order valence-corrected chi connectivity index (χ0v) is 19.3. The van der Waals surface area contributed by atoms with Crippen LogP contribution in [0.15, 0.2) is 85.3 Å². The number of aryl methyl sites for hydroxylation is 1. The van der Waals surface area contributed by atoms with Crippen molar-refractivity contribution < 1.29 is 14.3 Å². The Morgan fingerprint density at radius 1 is 1.00 bits per heavy atom. The number of carbonyl (C=O) groups is 2. The summed E-state index contributed by atoms with van der Waals surface area (Å²) in [6, 6.07) is 20.7. The van der Waals surface area contributed by atoms with Gasteiger partial charge >= 0.3 is 5.97 Å². The smallest absolute Gasteiger partial charge is 0.343 e. The molecule has 8 heteroatoms. The van der Waals surface area contributed by atoms with Crippen LogP contribution < -0.4 is 5.32 Å². The van der Waals surface area contributed by atoms with Gasteiger partial charge in [-0.1, -0.05) is 18.2 Å². The zero-order valence-electron chi connectivity index (χ0n) is 19.3. The van der Waals surface area contributed by atoms with Crippen molar-refractivity contribution in [3.8, 4) is 11.5 Å². The van der Waals surface area contributed by atoms with E-state index in [-0.39, 0.29) is 23.9 Å². The van der Waals surface area contributed by atoms with Crippen molar-refractivity contribution in [2.45, 2.75) is 13.8 Å². The largest absolute Gasteiger partial charge is 0.462 e. The quantitative estimate of drug-likeness (QED) is 0.358. The molecule has 1 amide bonds. The number of rotatable bonds is 6. The van der Waals surface area contributed by atoms with E-state index >= 15 is 0 Å². The van der Waals surface area contributed by atoms with Crippen molar-refractivity contribution >= 4 is 28.6 Å². The van der Waals surface area contributed by atoms with Gasteiger partial charge in [0.15, 0.2) is 11.6 Å². The van der Waals surface area contributed by atoms with Gasteiger partial charge in [0.25, 0.3) is 5.91 Å². The molecular weight excluding hydrogens is 442 g/mol. The van der Waals surface area contributed by atoms with Crippen LogP contribution in [0, 0.1) is 6.92 Å². The number of aromatic nitrogens is 4. The van der Waals surface area contributed by atoms with E-state index in [1.54, 1.807) is 19.1 Å². The van der Waals surface area contributed by atoms with E-state index in [9.17, 15) is 9.59 Å². The number of hydrogen-bond acceptors (Lipinski definition) is 5. The molecule has 0 saturated heterocycles. The minimum absolute atomic E-state index is 0.150. The summed E-state index contributed by atoms with van der Waals surface area (Å²) in [5, 5.41) is 8.23. The molecular formula is C27H23N5O3. The topological polar surface area (TPSA) is 91.0 Å². The number of hydrogen-bond donors (Lipinski definition) is 1. The molecule has 35 heavy (non-hydrogen) atoms. The molecule has 5 aromatic rings. The number of fused-ring (bicyclic) bond motifs is 1. The molecule has 0 radical (unpaired) electrons. The SMILES string of the molecule is CCOC(=O)c1cnn(-c2cc(C)c3ccccc3n2)c1NC(=O)c1ccc(-n2cccc2)cc1. The van der Waals surface area contributed by atoms with E-state index in [1.165, 1.54) is 10.9 Å². The maximum absolute atomic E-state index is 13.2. The maximum Gasteiger partial charge on any atom is 0.343 e. The Bertz CT molecular complexity index is 1520. The van der Waals surface area contributed by atoms with Crippen molar-refractivity contribution in [2.24, 2.45) is 0 Å². The van der Waals surface area contributed by atoms with Crippen LogP contribution in [-0.2, 0) is 4.74 Å². The molecule has 0 bridgehead atoms. The molecule has 0 fully saturated rings. The van der Waals surface area contributed by atoms with Crippen LogP contribution in [0.3, 0.4) is 0 Å². The fraction of sp³-hybridized carbons (Fsp3) is 0.111. The Labute approximate surface area is 201 Å². The van der Waals surface area contributed by atoms with E-state index in [0.29, 0.717) is 11.4 Å². The predicted octanol–water partition coefficient (Wildman–Crippen LogP) is 4.95. The van der Waals surface area contributed by atoms with Crippen molar-refractivity contribution in [3.63, 3.8) is 0 Å². The summed E-state index contributed by atoms with van der Waals surface area (Å²) >= 11 is 0. The van der Waals surface area contributed by atoms with Crippen molar-refractivity contribution in [1.82, 2.24) is 19.3 Å². The first-order valence-electron chi connectivity index (χ1n) is 11.2. The van der Waals surface area contributed by atoms with Crippen LogP contribution >= 0.6 is 0 Å². The van der Waals surface area contributed by atoms with E-state index in [1.807, 2.05) is 78.5 Å². The van der Waals surface area contributed by atoms with Crippen LogP contribution in [0.2, 0.25) is 0 Å². The molecule has 1 N–H and O–H groups in total. The monoisotopic (exact) mass is 465 g/mol. The first-order chi connectivity index (χ1) is 17.0. The van der Waals surface area contributed by atoms with Gasteiger partial charge in [0, 0.05) is 29.0 Å². The Morgan fingerprint density at radius 3 is 2.49 bits per heavy atom. The zero-order chi connectivity index (χ0) is 24.4. The summed E-state index contributed by atoms with van der Waals surface area (Å²) < 4.78 is 8.59. The van der Waals surface area contributed by atoms with Gasteiger partial charge in [0.2, 0.25) is 0 Å². The Balaban J connectivity index is 1.52. The summed E-state index contributed by atoms with van der Waals surface area (Å²) in [4.78, 5) is 30.5. The van der Waals surface area contributed by atoms with Gasteiger partial charge in [-0.05, 0) is 67.9 Å². The molecule has 0 aliphatic carbocycles. The standard InChI is InChI=1S/C27H23N5O3/c1-3-35-27(34)22-17-28-32(24-16-18(2)21-8-4-5-9-23(21)29-24)25(22)30-26(33)19-10-12-20(13-11-19)31-14-6-7-15-31/h4-17H,3H2,1-2H3,(H,30,33). The number of esters is 1. The average molecular weight is 466 g/mol. The third-order valence-electron chi connectivity index (χ3n) is 5.66.